The van der Waals surface area contributed by atoms with E-state index in [-0.39, 0.29) is 0 Å². The van der Waals surface area contributed by atoms with Crippen LogP contribution in [-0.4, -0.2) is 57.3 Å². The fourth-order valence-corrected chi connectivity index (χ4v) is 3.74. The van der Waals surface area contributed by atoms with Crippen LogP contribution in [-0.2, 0) is 4.79 Å². The molecule has 6 heteroatoms. The second-order valence-corrected chi connectivity index (χ2v) is 9.03. The number of hydrogen-bond donors (Lipinski definition) is 5. The minimum atomic E-state index is -1.27. The predicted molar refractivity (Wildman–Crippen MR) is 131 cm³/mol. The molecule has 0 bridgehead atoms. The van der Waals surface area contributed by atoms with Gasteiger partial charge in [0.05, 0.1) is 18.8 Å². The van der Waals surface area contributed by atoms with Crippen LogP contribution in [0.25, 0.3) is 0 Å². The lowest BCUT2D eigenvalue weighted by molar-refractivity contribution is -0.132. The maximum absolute atomic E-state index is 12.2. The summed E-state index contributed by atoms with van der Waals surface area (Å²) in [5.74, 6) is -0.603. The zero-order valence-electron chi connectivity index (χ0n) is 20.7. The Bertz CT molecular complexity index is 457. The van der Waals surface area contributed by atoms with E-state index in [1.807, 2.05) is 0 Å². The summed E-state index contributed by atoms with van der Waals surface area (Å²) in [4.78, 5) is 12.2. The number of amides is 1. The van der Waals surface area contributed by atoms with Gasteiger partial charge in [0.1, 0.15) is 12.2 Å². The number of allylic oxidation sites excluding steroid dienone is 2. The van der Waals surface area contributed by atoms with E-state index in [0.29, 0.717) is 19.3 Å². The number of carbonyl (C=O) groups excluding carboxylic acids is 1. The van der Waals surface area contributed by atoms with Gasteiger partial charge in [-0.05, 0) is 32.1 Å². The quantitative estimate of drug-likeness (QED) is 0.122. The Morgan fingerprint density at radius 3 is 1.84 bits per heavy atom. The van der Waals surface area contributed by atoms with E-state index >= 15 is 0 Å². The zero-order chi connectivity index (χ0) is 24.0. The normalized spacial score (nSPS) is 15.6. The summed E-state index contributed by atoms with van der Waals surface area (Å²) in [5.41, 5.74) is 0. The highest BCUT2D eigenvalue weighted by atomic mass is 16.3. The molecule has 0 aromatic heterocycles. The van der Waals surface area contributed by atoms with Crippen LogP contribution in [0.2, 0.25) is 0 Å². The SMILES string of the molecule is CCCC/C=C/CCCC(O)C(O)C(CO)NC(=O)C(O)CCCCCCCCCCC. The Morgan fingerprint density at radius 1 is 0.750 bits per heavy atom. The van der Waals surface area contributed by atoms with Crippen LogP contribution in [0.5, 0.6) is 0 Å². The number of nitrogens with one attached hydrogen (secondary N) is 1. The van der Waals surface area contributed by atoms with Crippen molar-refractivity contribution in [2.24, 2.45) is 0 Å². The first kappa shape index (κ1) is 31.0. The van der Waals surface area contributed by atoms with Crippen molar-refractivity contribution in [2.45, 2.75) is 141 Å². The Hall–Kier alpha value is -0.950. The van der Waals surface area contributed by atoms with E-state index < -0.39 is 36.9 Å². The summed E-state index contributed by atoms with van der Waals surface area (Å²) in [6.45, 7) is 3.87. The number of aliphatic hydroxyl groups is 4. The van der Waals surface area contributed by atoms with Crippen molar-refractivity contribution in [3.63, 3.8) is 0 Å². The van der Waals surface area contributed by atoms with Gasteiger partial charge in [-0.1, -0.05) is 96.6 Å². The van der Waals surface area contributed by atoms with E-state index in [2.05, 4.69) is 31.3 Å². The molecule has 4 atom stereocenters. The van der Waals surface area contributed by atoms with Crippen molar-refractivity contribution in [3.05, 3.63) is 12.2 Å². The maximum atomic E-state index is 12.2. The Morgan fingerprint density at radius 2 is 1.28 bits per heavy atom. The highest BCUT2D eigenvalue weighted by molar-refractivity contribution is 5.80. The summed E-state index contributed by atoms with van der Waals surface area (Å²) in [6.07, 6.45) is 16.9. The lowest BCUT2D eigenvalue weighted by atomic mass is 10.00. The summed E-state index contributed by atoms with van der Waals surface area (Å²) in [7, 11) is 0. The van der Waals surface area contributed by atoms with Crippen molar-refractivity contribution < 1.29 is 25.2 Å². The fraction of sp³-hybridized carbons (Fsp3) is 0.885. The van der Waals surface area contributed by atoms with Crippen LogP contribution in [0.3, 0.4) is 0 Å². The predicted octanol–water partition coefficient (Wildman–Crippen LogP) is 4.38. The molecule has 5 N–H and O–H groups in total. The molecule has 4 unspecified atom stereocenters. The van der Waals surface area contributed by atoms with Crippen LogP contribution in [0.15, 0.2) is 12.2 Å². The van der Waals surface area contributed by atoms with Gasteiger partial charge in [-0.3, -0.25) is 4.79 Å². The highest BCUT2D eigenvalue weighted by Crippen LogP contribution is 2.13. The number of rotatable bonds is 22. The van der Waals surface area contributed by atoms with Crippen molar-refractivity contribution in [1.82, 2.24) is 5.32 Å². The van der Waals surface area contributed by atoms with Gasteiger partial charge in [0.15, 0.2) is 0 Å². The molecule has 1 amide bonds. The standard InChI is InChI=1S/C26H51NO5/c1-3-5-7-9-11-12-14-16-18-20-24(30)26(32)27-22(21-28)25(31)23(29)19-17-15-13-10-8-6-4-2/h10,13,22-25,28-31H,3-9,11-12,14-21H2,1-2H3,(H,27,32)/b13-10+. The molecule has 190 valence electrons. The van der Waals surface area contributed by atoms with Crippen LogP contribution >= 0.6 is 0 Å². The largest absolute Gasteiger partial charge is 0.394 e. The van der Waals surface area contributed by atoms with E-state index in [1.54, 1.807) is 0 Å². The molecule has 32 heavy (non-hydrogen) atoms. The van der Waals surface area contributed by atoms with Crippen molar-refractivity contribution in [3.8, 4) is 0 Å². The fourth-order valence-electron chi connectivity index (χ4n) is 3.74. The van der Waals surface area contributed by atoms with Crippen molar-refractivity contribution in [1.29, 1.82) is 0 Å². The summed E-state index contributed by atoms with van der Waals surface area (Å²) < 4.78 is 0. The smallest absolute Gasteiger partial charge is 0.249 e. The van der Waals surface area contributed by atoms with Crippen LogP contribution < -0.4 is 5.32 Å². The van der Waals surface area contributed by atoms with Gasteiger partial charge >= 0.3 is 0 Å². The second kappa shape index (κ2) is 21.9. The third kappa shape index (κ3) is 16.7. The molecular weight excluding hydrogens is 406 g/mol. The summed E-state index contributed by atoms with van der Waals surface area (Å²) >= 11 is 0. The topological polar surface area (TPSA) is 110 Å². The highest BCUT2D eigenvalue weighted by Gasteiger charge is 2.28. The monoisotopic (exact) mass is 457 g/mol. The third-order valence-corrected chi connectivity index (χ3v) is 5.98. The van der Waals surface area contributed by atoms with Crippen molar-refractivity contribution in [2.75, 3.05) is 6.61 Å². The molecule has 0 rings (SSSR count). The minimum absolute atomic E-state index is 0.364. The molecule has 0 aromatic rings. The molecule has 0 aromatic carbocycles. The molecule has 0 spiro atoms. The number of unbranched alkanes of at least 4 members (excludes halogenated alkanes) is 11. The molecule has 6 nitrogen and oxygen atoms in total. The Labute approximate surface area is 196 Å². The van der Waals surface area contributed by atoms with E-state index in [9.17, 15) is 25.2 Å². The van der Waals surface area contributed by atoms with Crippen LogP contribution in [0.4, 0.5) is 0 Å². The summed E-state index contributed by atoms with van der Waals surface area (Å²) in [5, 5.41) is 42.6. The third-order valence-electron chi connectivity index (χ3n) is 5.98. The molecule has 0 heterocycles. The van der Waals surface area contributed by atoms with Gasteiger partial charge in [0, 0.05) is 0 Å². The molecule has 0 aliphatic rings. The average molecular weight is 458 g/mol. The Kier molecular flexibility index (Phi) is 21.2. The van der Waals surface area contributed by atoms with Gasteiger partial charge in [0.2, 0.25) is 5.91 Å². The zero-order valence-corrected chi connectivity index (χ0v) is 20.7. The van der Waals surface area contributed by atoms with Gasteiger partial charge in [-0.2, -0.15) is 0 Å². The average Bonchev–Trinajstić information content (AvgIpc) is 2.79. The molecule has 0 radical (unpaired) electrons. The first-order valence-electron chi connectivity index (χ1n) is 13.1. The van der Waals surface area contributed by atoms with E-state index in [0.717, 1.165) is 38.5 Å². The Balaban J connectivity index is 4.05. The van der Waals surface area contributed by atoms with Crippen LogP contribution in [0, 0.1) is 0 Å². The summed E-state index contributed by atoms with van der Waals surface area (Å²) in [6, 6.07) is -0.990. The number of aliphatic hydroxyl groups excluding tert-OH is 4. The second-order valence-electron chi connectivity index (χ2n) is 9.03. The van der Waals surface area contributed by atoms with Crippen molar-refractivity contribution >= 4 is 5.91 Å². The van der Waals surface area contributed by atoms with Gasteiger partial charge in [-0.15, -0.1) is 0 Å². The molecule has 0 aliphatic heterocycles. The molecular formula is C26H51NO5. The molecule has 0 aliphatic carbocycles. The molecule has 0 saturated heterocycles. The molecule has 0 saturated carbocycles. The van der Waals surface area contributed by atoms with Gasteiger partial charge in [-0.25, -0.2) is 0 Å². The first-order chi connectivity index (χ1) is 15.5. The first-order valence-corrected chi connectivity index (χ1v) is 13.1. The maximum Gasteiger partial charge on any atom is 0.249 e. The number of hydrogen-bond acceptors (Lipinski definition) is 5. The van der Waals surface area contributed by atoms with Gasteiger partial charge < -0.3 is 25.7 Å². The van der Waals surface area contributed by atoms with Crippen LogP contribution in [0.1, 0.15) is 117 Å². The van der Waals surface area contributed by atoms with E-state index in [4.69, 9.17) is 0 Å². The lowest BCUT2D eigenvalue weighted by Crippen LogP contribution is -2.53. The lowest BCUT2D eigenvalue weighted by Gasteiger charge is -2.27. The molecule has 0 fully saturated rings. The number of carbonyl (C=O) groups is 1. The minimum Gasteiger partial charge on any atom is -0.394 e. The van der Waals surface area contributed by atoms with E-state index in [1.165, 1.54) is 44.9 Å². The van der Waals surface area contributed by atoms with Gasteiger partial charge in [0.25, 0.3) is 0 Å².